The van der Waals surface area contributed by atoms with Crippen LogP contribution < -0.4 is 10.9 Å². The van der Waals surface area contributed by atoms with E-state index in [9.17, 15) is 9.59 Å². The zero-order valence-electron chi connectivity index (χ0n) is 16.1. The van der Waals surface area contributed by atoms with Gasteiger partial charge in [0.05, 0.1) is 11.0 Å². The van der Waals surface area contributed by atoms with E-state index < -0.39 is 0 Å². The average molecular weight is 375 g/mol. The van der Waals surface area contributed by atoms with Gasteiger partial charge >= 0.3 is 0 Å². The van der Waals surface area contributed by atoms with Crippen LogP contribution in [0.5, 0.6) is 0 Å². The van der Waals surface area contributed by atoms with Crippen molar-refractivity contribution in [2.24, 2.45) is 0 Å². The van der Waals surface area contributed by atoms with E-state index in [4.69, 9.17) is 0 Å². The van der Waals surface area contributed by atoms with E-state index in [1.54, 1.807) is 4.40 Å². The Labute approximate surface area is 161 Å². The summed E-state index contributed by atoms with van der Waals surface area (Å²) in [7, 11) is 0. The third kappa shape index (κ3) is 2.94. The van der Waals surface area contributed by atoms with Gasteiger partial charge in [0, 0.05) is 12.1 Å². The van der Waals surface area contributed by atoms with Crippen molar-refractivity contribution in [3.8, 4) is 0 Å². The van der Waals surface area contributed by atoms with Crippen LogP contribution >= 0.6 is 0 Å². The Bertz CT molecular complexity index is 1270. The predicted molar refractivity (Wildman–Crippen MR) is 109 cm³/mol. The number of carbonyl (C=O) groups is 1. The second-order valence-corrected chi connectivity index (χ2v) is 6.88. The van der Waals surface area contributed by atoms with Crippen molar-refractivity contribution in [3.63, 3.8) is 0 Å². The molecule has 2 aromatic heterocycles. The molecular formula is C21H21N5O2. The van der Waals surface area contributed by atoms with E-state index in [-0.39, 0.29) is 23.7 Å². The highest BCUT2D eigenvalue weighted by atomic mass is 16.2. The molecule has 0 saturated carbocycles. The summed E-state index contributed by atoms with van der Waals surface area (Å²) < 4.78 is 3.23. The van der Waals surface area contributed by atoms with E-state index in [0.29, 0.717) is 11.9 Å². The second kappa shape index (κ2) is 6.92. The quantitative estimate of drug-likeness (QED) is 0.595. The first-order chi connectivity index (χ1) is 13.5. The van der Waals surface area contributed by atoms with Crippen LogP contribution in [-0.4, -0.2) is 25.1 Å². The molecule has 7 nitrogen and oxygen atoms in total. The first-order valence-electron chi connectivity index (χ1n) is 9.22. The van der Waals surface area contributed by atoms with E-state index in [1.807, 2.05) is 63.2 Å². The third-order valence-electron chi connectivity index (χ3n) is 4.87. The SMILES string of the molecule is CCc1nnc2c(=O)n(CC(=O)Nc3cc(C)ccc3C)c3ccccc3n12. The lowest BCUT2D eigenvalue weighted by Gasteiger charge is -2.13. The van der Waals surface area contributed by atoms with E-state index >= 15 is 0 Å². The van der Waals surface area contributed by atoms with Gasteiger partial charge in [-0.05, 0) is 43.2 Å². The van der Waals surface area contributed by atoms with Gasteiger partial charge < -0.3 is 5.32 Å². The summed E-state index contributed by atoms with van der Waals surface area (Å²) in [5, 5.41) is 11.1. The molecule has 28 heavy (non-hydrogen) atoms. The topological polar surface area (TPSA) is 81.3 Å². The summed E-state index contributed by atoms with van der Waals surface area (Å²) in [5.74, 6) is 0.454. The Morgan fingerprint density at radius 1 is 1.07 bits per heavy atom. The van der Waals surface area contributed by atoms with E-state index in [0.717, 1.165) is 28.2 Å². The Hall–Kier alpha value is -3.48. The molecule has 0 aliphatic heterocycles. The van der Waals surface area contributed by atoms with Gasteiger partial charge in [0.2, 0.25) is 11.6 Å². The van der Waals surface area contributed by atoms with Gasteiger partial charge in [-0.25, -0.2) is 0 Å². The summed E-state index contributed by atoms with van der Waals surface area (Å²) in [6, 6.07) is 13.4. The maximum atomic E-state index is 13.0. The molecule has 1 amide bonds. The minimum atomic E-state index is -0.331. The summed E-state index contributed by atoms with van der Waals surface area (Å²) in [4.78, 5) is 25.8. The lowest BCUT2D eigenvalue weighted by Crippen LogP contribution is -2.29. The van der Waals surface area contributed by atoms with Crippen molar-refractivity contribution in [2.45, 2.75) is 33.7 Å². The van der Waals surface area contributed by atoms with Crippen molar-refractivity contribution in [3.05, 3.63) is 69.8 Å². The maximum absolute atomic E-state index is 13.0. The normalized spacial score (nSPS) is 11.2. The number of nitrogens with zero attached hydrogens (tertiary/aromatic N) is 4. The minimum Gasteiger partial charge on any atom is -0.324 e. The smallest absolute Gasteiger partial charge is 0.297 e. The lowest BCUT2D eigenvalue weighted by atomic mass is 10.1. The van der Waals surface area contributed by atoms with Gasteiger partial charge in [-0.1, -0.05) is 31.2 Å². The number of aryl methyl sites for hydroxylation is 3. The van der Waals surface area contributed by atoms with Crippen molar-refractivity contribution in [2.75, 3.05) is 5.32 Å². The number of fused-ring (bicyclic) bond motifs is 3. The predicted octanol–water partition coefficient (Wildman–Crippen LogP) is 2.86. The molecule has 7 heteroatoms. The van der Waals surface area contributed by atoms with Crippen molar-refractivity contribution < 1.29 is 4.79 Å². The number of amides is 1. The first kappa shape index (κ1) is 17.9. The van der Waals surface area contributed by atoms with Gasteiger partial charge in [-0.3, -0.25) is 18.6 Å². The Balaban J connectivity index is 1.80. The molecule has 0 aliphatic carbocycles. The molecule has 0 saturated heterocycles. The van der Waals surface area contributed by atoms with Crippen LogP contribution in [0.2, 0.25) is 0 Å². The van der Waals surface area contributed by atoms with Crippen LogP contribution in [0.4, 0.5) is 5.69 Å². The van der Waals surface area contributed by atoms with Crippen LogP contribution in [0.3, 0.4) is 0 Å². The molecular weight excluding hydrogens is 354 g/mol. The minimum absolute atomic E-state index is 0.0997. The van der Waals surface area contributed by atoms with Crippen LogP contribution in [0.15, 0.2) is 47.3 Å². The number of nitrogens with one attached hydrogen (secondary N) is 1. The van der Waals surface area contributed by atoms with E-state index in [1.165, 1.54) is 4.57 Å². The zero-order chi connectivity index (χ0) is 19.8. The molecule has 0 radical (unpaired) electrons. The number of para-hydroxylation sites is 2. The van der Waals surface area contributed by atoms with Crippen LogP contribution in [0.25, 0.3) is 16.7 Å². The number of anilines is 1. The van der Waals surface area contributed by atoms with Gasteiger partial charge in [-0.15, -0.1) is 10.2 Å². The summed E-state index contributed by atoms with van der Waals surface area (Å²) in [5.41, 5.74) is 4.15. The highest BCUT2D eigenvalue weighted by Gasteiger charge is 2.17. The first-order valence-corrected chi connectivity index (χ1v) is 9.22. The van der Waals surface area contributed by atoms with Gasteiger partial charge in [0.25, 0.3) is 5.56 Å². The number of hydrogen-bond acceptors (Lipinski definition) is 4. The summed E-state index contributed by atoms with van der Waals surface area (Å²) >= 11 is 0. The fourth-order valence-corrected chi connectivity index (χ4v) is 3.41. The number of carbonyl (C=O) groups excluding carboxylic acids is 1. The highest BCUT2D eigenvalue weighted by molar-refractivity contribution is 5.92. The fourth-order valence-electron chi connectivity index (χ4n) is 3.41. The number of hydrogen-bond donors (Lipinski definition) is 1. The summed E-state index contributed by atoms with van der Waals surface area (Å²) in [6.45, 7) is 5.77. The molecule has 0 bridgehead atoms. The van der Waals surface area contributed by atoms with Gasteiger partial charge in [0.15, 0.2) is 0 Å². The molecule has 4 rings (SSSR count). The molecule has 1 N–H and O–H groups in total. The molecule has 4 aromatic rings. The molecule has 0 atom stereocenters. The van der Waals surface area contributed by atoms with Crippen molar-refractivity contribution in [1.29, 1.82) is 0 Å². The lowest BCUT2D eigenvalue weighted by molar-refractivity contribution is -0.116. The standard InChI is InChI=1S/C21H21N5O2/c1-4-18-23-24-20-21(28)25(16-7-5-6-8-17(16)26(18)20)12-19(27)22-15-11-13(2)9-10-14(15)3/h5-11H,4,12H2,1-3H3,(H,22,27). The maximum Gasteiger partial charge on any atom is 0.297 e. The molecule has 0 fully saturated rings. The second-order valence-electron chi connectivity index (χ2n) is 6.88. The number of aromatic nitrogens is 4. The monoisotopic (exact) mass is 375 g/mol. The van der Waals surface area contributed by atoms with Gasteiger partial charge in [-0.2, -0.15) is 0 Å². The Morgan fingerprint density at radius 3 is 2.57 bits per heavy atom. The molecule has 2 aromatic carbocycles. The van der Waals surface area contributed by atoms with Gasteiger partial charge in [0.1, 0.15) is 12.4 Å². The molecule has 0 aliphatic rings. The molecule has 0 spiro atoms. The fraction of sp³-hybridized carbons (Fsp3) is 0.238. The Morgan fingerprint density at radius 2 is 1.82 bits per heavy atom. The van der Waals surface area contributed by atoms with E-state index in [2.05, 4.69) is 15.5 Å². The van der Waals surface area contributed by atoms with Crippen molar-refractivity contribution >= 4 is 28.3 Å². The molecule has 142 valence electrons. The highest BCUT2D eigenvalue weighted by Crippen LogP contribution is 2.18. The molecule has 0 unspecified atom stereocenters. The largest absolute Gasteiger partial charge is 0.324 e. The van der Waals surface area contributed by atoms with Crippen LogP contribution in [0.1, 0.15) is 23.9 Å². The van der Waals surface area contributed by atoms with Crippen LogP contribution in [-0.2, 0) is 17.8 Å². The molecule has 2 heterocycles. The zero-order valence-corrected chi connectivity index (χ0v) is 16.1. The third-order valence-corrected chi connectivity index (χ3v) is 4.87. The van der Waals surface area contributed by atoms with Crippen molar-refractivity contribution in [1.82, 2.24) is 19.2 Å². The van der Waals surface area contributed by atoms with Crippen LogP contribution in [0, 0.1) is 13.8 Å². The summed E-state index contributed by atoms with van der Waals surface area (Å²) in [6.07, 6.45) is 0.654. The average Bonchev–Trinajstić information content (AvgIpc) is 3.12. The number of rotatable bonds is 4. The number of benzene rings is 2. The Kier molecular flexibility index (Phi) is 4.43.